The molecule has 4 aromatic carbocycles. The second kappa shape index (κ2) is 11.1. The lowest BCUT2D eigenvalue weighted by Gasteiger charge is -2.11. The minimum Gasteiger partial charge on any atom is -0.422 e. The number of nitrogens with one attached hydrogen (secondary N) is 2. The van der Waals surface area contributed by atoms with Crippen LogP contribution < -0.4 is 15.5 Å². The first-order valence-electron chi connectivity index (χ1n) is 11.5. The van der Waals surface area contributed by atoms with E-state index in [9.17, 15) is 14.4 Å². The van der Waals surface area contributed by atoms with E-state index in [2.05, 4.69) is 15.8 Å². The Bertz CT molecular complexity index is 1440. The number of hydrazone groups is 1. The summed E-state index contributed by atoms with van der Waals surface area (Å²) < 4.78 is 5.66. The molecular weight excluding hydrogens is 454 g/mol. The van der Waals surface area contributed by atoms with Crippen molar-refractivity contribution in [2.24, 2.45) is 5.10 Å². The minimum atomic E-state index is -0.927. The molecule has 0 aliphatic carbocycles. The van der Waals surface area contributed by atoms with E-state index in [1.54, 1.807) is 30.3 Å². The van der Waals surface area contributed by atoms with E-state index in [-0.39, 0.29) is 5.75 Å². The van der Waals surface area contributed by atoms with Crippen molar-refractivity contribution in [3.63, 3.8) is 0 Å². The van der Waals surface area contributed by atoms with Gasteiger partial charge in [-0.2, -0.15) is 5.10 Å². The molecule has 0 fully saturated rings. The molecule has 0 saturated heterocycles. The Labute approximate surface area is 208 Å². The topological polar surface area (TPSA) is 96.9 Å². The summed E-state index contributed by atoms with van der Waals surface area (Å²) in [5, 5.41) is 8.16. The summed E-state index contributed by atoms with van der Waals surface area (Å²) in [4.78, 5) is 37.2. The fourth-order valence-electron chi connectivity index (χ4n) is 3.56. The van der Waals surface area contributed by atoms with E-state index >= 15 is 0 Å². The number of carbonyl (C=O) groups is 3. The number of rotatable bonds is 6. The van der Waals surface area contributed by atoms with Gasteiger partial charge in [-0.05, 0) is 60.0 Å². The standard InChI is InChI=1S/C29H25N3O4/c1-3-20-10-15-23(16-11-20)31-27(33)28(34)32-30-18-25-24-7-5-4-6-21(24)14-17-26(25)36-29(35)22-12-8-19(2)9-13-22/h4-18H,3H2,1-2H3,(H,31,33)(H,32,34). The van der Waals surface area contributed by atoms with Gasteiger partial charge in [-0.25, -0.2) is 10.2 Å². The molecule has 0 unspecified atom stereocenters. The average Bonchev–Trinajstić information content (AvgIpc) is 2.90. The first-order chi connectivity index (χ1) is 17.4. The van der Waals surface area contributed by atoms with Crippen LogP contribution >= 0.6 is 0 Å². The van der Waals surface area contributed by atoms with Crippen molar-refractivity contribution >= 4 is 40.5 Å². The summed E-state index contributed by atoms with van der Waals surface area (Å²) in [5.41, 5.74) is 5.80. The van der Waals surface area contributed by atoms with Gasteiger partial charge in [0.05, 0.1) is 11.8 Å². The fraction of sp³-hybridized carbons (Fsp3) is 0.103. The quantitative estimate of drug-likeness (QED) is 0.133. The minimum absolute atomic E-state index is 0.276. The molecule has 0 aromatic heterocycles. The molecule has 7 heteroatoms. The Morgan fingerprint density at radius 1 is 0.861 bits per heavy atom. The summed E-state index contributed by atoms with van der Waals surface area (Å²) in [7, 11) is 0. The highest BCUT2D eigenvalue weighted by atomic mass is 16.5. The van der Waals surface area contributed by atoms with E-state index in [0.717, 1.165) is 28.3 Å². The monoisotopic (exact) mass is 479 g/mol. The summed E-state index contributed by atoms with van der Waals surface area (Å²) in [6, 6.07) is 25.3. The van der Waals surface area contributed by atoms with Crippen molar-refractivity contribution in [2.75, 3.05) is 5.32 Å². The first-order valence-corrected chi connectivity index (χ1v) is 11.5. The van der Waals surface area contributed by atoms with E-state index in [1.165, 1.54) is 6.21 Å². The van der Waals surface area contributed by atoms with Crippen LogP contribution in [0.5, 0.6) is 5.75 Å². The number of benzene rings is 4. The molecule has 180 valence electrons. The number of ether oxygens (including phenoxy) is 1. The molecular formula is C29H25N3O4. The average molecular weight is 480 g/mol. The molecule has 2 amide bonds. The predicted octanol–water partition coefficient (Wildman–Crippen LogP) is 5.02. The molecule has 0 radical (unpaired) electrons. The van der Waals surface area contributed by atoms with E-state index in [4.69, 9.17) is 4.74 Å². The normalized spacial score (nSPS) is 10.8. The highest BCUT2D eigenvalue weighted by Gasteiger charge is 2.15. The summed E-state index contributed by atoms with van der Waals surface area (Å²) in [5.74, 6) is -2.01. The lowest BCUT2D eigenvalue weighted by molar-refractivity contribution is -0.136. The predicted molar refractivity (Wildman–Crippen MR) is 140 cm³/mol. The second-order valence-electron chi connectivity index (χ2n) is 8.16. The lowest BCUT2D eigenvalue weighted by Crippen LogP contribution is -2.32. The third-order valence-electron chi connectivity index (χ3n) is 5.61. The Kier molecular flexibility index (Phi) is 7.51. The highest BCUT2D eigenvalue weighted by Crippen LogP contribution is 2.27. The third kappa shape index (κ3) is 5.82. The molecule has 0 aliphatic rings. The van der Waals surface area contributed by atoms with Crippen LogP contribution in [0, 0.1) is 6.92 Å². The van der Waals surface area contributed by atoms with E-state index in [1.807, 2.05) is 68.4 Å². The van der Waals surface area contributed by atoms with Crippen LogP contribution in [0.25, 0.3) is 10.8 Å². The van der Waals surface area contributed by atoms with Gasteiger partial charge in [0.1, 0.15) is 5.75 Å². The molecule has 0 saturated carbocycles. The first kappa shape index (κ1) is 24.3. The molecule has 7 nitrogen and oxygen atoms in total. The van der Waals surface area contributed by atoms with Crippen LogP contribution in [0.15, 0.2) is 90.0 Å². The van der Waals surface area contributed by atoms with Crippen molar-refractivity contribution in [3.05, 3.63) is 107 Å². The van der Waals surface area contributed by atoms with Gasteiger partial charge in [-0.15, -0.1) is 0 Å². The van der Waals surface area contributed by atoms with Gasteiger partial charge in [0, 0.05) is 11.3 Å². The maximum Gasteiger partial charge on any atom is 0.343 e. The second-order valence-corrected chi connectivity index (χ2v) is 8.16. The van der Waals surface area contributed by atoms with E-state index in [0.29, 0.717) is 16.8 Å². The Balaban J connectivity index is 1.51. The number of hydrogen-bond acceptors (Lipinski definition) is 5. The molecule has 0 atom stereocenters. The van der Waals surface area contributed by atoms with Crippen molar-refractivity contribution < 1.29 is 19.1 Å². The van der Waals surface area contributed by atoms with Crippen LogP contribution in [0.1, 0.15) is 34.0 Å². The van der Waals surface area contributed by atoms with Crippen LogP contribution in [0.2, 0.25) is 0 Å². The van der Waals surface area contributed by atoms with Crippen molar-refractivity contribution in [2.45, 2.75) is 20.3 Å². The van der Waals surface area contributed by atoms with Crippen LogP contribution in [-0.4, -0.2) is 24.0 Å². The number of amides is 2. The largest absolute Gasteiger partial charge is 0.422 e. The van der Waals surface area contributed by atoms with Gasteiger partial charge in [0.2, 0.25) is 0 Å². The van der Waals surface area contributed by atoms with Crippen molar-refractivity contribution in [1.29, 1.82) is 0 Å². The van der Waals surface area contributed by atoms with Gasteiger partial charge in [0.15, 0.2) is 0 Å². The fourth-order valence-corrected chi connectivity index (χ4v) is 3.56. The van der Waals surface area contributed by atoms with E-state index < -0.39 is 17.8 Å². The Morgan fingerprint density at radius 2 is 1.58 bits per heavy atom. The lowest BCUT2D eigenvalue weighted by atomic mass is 10.0. The molecule has 4 aromatic rings. The molecule has 0 spiro atoms. The van der Waals surface area contributed by atoms with Crippen LogP contribution in [0.4, 0.5) is 5.69 Å². The third-order valence-corrected chi connectivity index (χ3v) is 5.61. The van der Waals surface area contributed by atoms with Crippen LogP contribution in [-0.2, 0) is 16.0 Å². The number of fused-ring (bicyclic) bond motifs is 1. The Morgan fingerprint density at radius 3 is 2.31 bits per heavy atom. The highest BCUT2D eigenvalue weighted by molar-refractivity contribution is 6.39. The summed E-state index contributed by atoms with van der Waals surface area (Å²) >= 11 is 0. The zero-order valence-corrected chi connectivity index (χ0v) is 19.9. The maximum atomic E-state index is 12.7. The molecule has 0 bridgehead atoms. The van der Waals surface area contributed by atoms with Gasteiger partial charge in [-0.3, -0.25) is 9.59 Å². The number of carbonyl (C=O) groups excluding carboxylic acids is 3. The molecule has 36 heavy (non-hydrogen) atoms. The molecule has 4 rings (SSSR count). The molecule has 2 N–H and O–H groups in total. The zero-order chi connectivity index (χ0) is 25.5. The zero-order valence-electron chi connectivity index (χ0n) is 19.9. The molecule has 0 heterocycles. The van der Waals surface area contributed by atoms with Gasteiger partial charge >= 0.3 is 17.8 Å². The Hall–Kier alpha value is -4.78. The smallest absolute Gasteiger partial charge is 0.343 e. The maximum absolute atomic E-state index is 12.7. The van der Waals surface area contributed by atoms with Crippen molar-refractivity contribution in [3.8, 4) is 5.75 Å². The number of nitrogens with zero attached hydrogens (tertiary/aromatic N) is 1. The number of esters is 1. The van der Waals surface area contributed by atoms with Gasteiger partial charge in [-0.1, -0.05) is 67.1 Å². The molecule has 0 aliphatic heterocycles. The van der Waals surface area contributed by atoms with Crippen molar-refractivity contribution in [1.82, 2.24) is 5.43 Å². The SMILES string of the molecule is CCc1ccc(NC(=O)C(=O)NN=Cc2c(OC(=O)c3ccc(C)cc3)ccc3ccccc23)cc1. The number of hydrogen-bond donors (Lipinski definition) is 2. The number of aryl methyl sites for hydroxylation is 2. The number of anilines is 1. The summed E-state index contributed by atoms with van der Waals surface area (Å²) in [6.45, 7) is 3.97. The van der Waals surface area contributed by atoms with Gasteiger partial charge < -0.3 is 10.1 Å². The van der Waals surface area contributed by atoms with Gasteiger partial charge in [0.25, 0.3) is 0 Å². The van der Waals surface area contributed by atoms with Crippen LogP contribution in [0.3, 0.4) is 0 Å². The summed E-state index contributed by atoms with van der Waals surface area (Å²) in [6.07, 6.45) is 2.24.